The highest BCUT2D eigenvalue weighted by atomic mass is 16.6. The van der Waals surface area contributed by atoms with E-state index in [1.54, 1.807) is 38.2 Å². The molecular formula is C21H27N5O4. The van der Waals surface area contributed by atoms with Gasteiger partial charge in [-0.3, -0.25) is 15.0 Å². The number of fused-ring (bicyclic) bond motifs is 1. The van der Waals surface area contributed by atoms with Crippen LogP contribution in [0.25, 0.3) is 0 Å². The molecule has 1 N–H and O–H groups in total. The number of rotatable bonds is 8. The summed E-state index contributed by atoms with van der Waals surface area (Å²) in [6, 6.07) is 5.79. The molecular weight excluding hydrogens is 386 g/mol. The molecule has 3 rings (SSSR count). The first kappa shape index (κ1) is 21.5. The molecule has 9 heteroatoms. The third-order valence-electron chi connectivity index (χ3n) is 5.31. The molecule has 160 valence electrons. The second-order valence-electron chi connectivity index (χ2n) is 7.01. The van der Waals surface area contributed by atoms with Crippen molar-refractivity contribution in [1.29, 1.82) is 0 Å². The van der Waals surface area contributed by atoms with E-state index in [9.17, 15) is 14.9 Å². The first-order chi connectivity index (χ1) is 14.4. The minimum Gasteiger partial charge on any atom is -0.463 e. The van der Waals surface area contributed by atoms with E-state index in [2.05, 4.69) is 29.0 Å². The number of nitro benzene ring substituents is 1. The van der Waals surface area contributed by atoms with Gasteiger partial charge in [-0.15, -0.1) is 0 Å². The Bertz CT molecular complexity index is 978. The number of nitrogens with zero attached hydrogens (tertiary/aromatic N) is 4. The highest BCUT2D eigenvalue weighted by Crippen LogP contribution is 2.41. The van der Waals surface area contributed by atoms with Crippen molar-refractivity contribution < 1.29 is 14.5 Å². The first-order valence-electron chi connectivity index (χ1n) is 10.1. The number of nitrogens with one attached hydrogen (secondary N) is 1. The second-order valence-corrected chi connectivity index (χ2v) is 7.01. The van der Waals surface area contributed by atoms with Crippen LogP contribution in [0.3, 0.4) is 0 Å². The average molecular weight is 413 g/mol. The Balaban J connectivity index is 2.23. The predicted molar refractivity (Wildman–Crippen MR) is 113 cm³/mol. The molecule has 0 amide bonds. The van der Waals surface area contributed by atoms with Crippen LogP contribution in [0, 0.1) is 10.1 Å². The third-order valence-corrected chi connectivity index (χ3v) is 5.31. The van der Waals surface area contributed by atoms with Crippen molar-refractivity contribution in [3.05, 3.63) is 63.1 Å². The summed E-state index contributed by atoms with van der Waals surface area (Å²) in [6.45, 7) is 10.1. The summed E-state index contributed by atoms with van der Waals surface area (Å²) >= 11 is 0. The molecule has 9 nitrogen and oxygen atoms in total. The number of hydrogen-bond acceptors (Lipinski definition) is 7. The van der Waals surface area contributed by atoms with Gasteiger partial charge in [0.2, 0.25) is 5.95 Å². The highest BCUT2D eigenvalue weighted by Gasteiger charge is 2.38. The molecule has 30 heavy (non-hydrogen) atoms. The quantitative estimate of drug-likeness (QED) is 0.401. The van der Waals surface area contributed by atoms with Crippen molar-refractivity contribution >= 4 is 17.6 Å². The van der Waals surface area contributed by atoms with E-state index in [1.807, 2.05) is 4.57 Å². The molecule has 1 aliphatic heterocycles. The lowest BCUT2D eigenvalue weighted by Crippen LogP contribution is -2.32. The Morgan fingerprint density at radius 3 is 2.63 bits per heavy atom. The van der Waals surface area contributed by atoms with E-state index in [0.29, 0.717) is 29.3 Å². The van der Waals surface area contributed by atoms with Gasteiger partial charge >= 0.3 is 5.97 Å². The molecule has 1 aliphatic rings. The molecule has 0 aliphatic carbocycles. The van der Waals surface area contributed by atoms with Crippen LogP contribution in [-0.2, 0) is 16.1 Å². The van der Waals surface area contributed by atoms with Crippen LogP contribution in [0.1, 0.15) is 45.0 Å². The van der Waals surface area contributed by atoms with E-state index in [-0.39, 0.29) is 12.3 Å². The summed E-state index contributed by atoms with van der Waals surface area (Å²) in [7, 11) is 0. The molecule has 0 radical (unpaired) electrons. The zero-order chi connectivity index (χ0) is 21.8. The van der Waals surface area contributed by atoms with Crippen molar-refractivity contribution in [2.45, 2.75) is 40.3 Å². The van der Waals surface area contributed by atoms with Crippen molar-refractivity contribution in [2.75, 3.05) is 25.0 Å². The molecule has 0 saturated heterocycles. The van der Waals surface area contributed by atoms with Gasteiger partial charge < -0.3 is 14.6 Å². The standard InChI is InChI=1S/C21H27N5O4/c1-5-24(6-2)13-15-12-22-21-23-14(4)18(20(27)30-7-3)19(25(15)21)16-10-8-9-11-17(16)26(28)29/h8-12,19H,5-7,13H2,1-4H3,(H,22,23). The first-order valence-corrected chi connectivity index (χ1v) is 10.1. The van der Waals surface area contributed by atoms with Gasteiger partial charge in [0, 0.05) is 18.3 Å². The molecule has 0 saturated carbocycles. The van der Waals surface area contributed by atoms with E-state index in [4.69, 9.17) is 4.74 Å². The van der Waals surface area contributed by atoms with Crippen LogP contribution in [0.15, 0.2) is 41.7 Å². The topological polar surface area (TPSA) is 103 Å². The van der Waals surface area contributed by atoms with Crippen molar-refractivity contribution in [1.82, 2.24) is 14.5 Å². The van der Waals surface area contributed by atoms with E-state index in [1.165, 1.54) is 6.07 Å². The summed E-state index contributed by atoms with van der Waals surface area (Å²) in [5, 5.41) is 14.9. The number of allylic oxidation sites excluding steroid dienone is 1. The summed E-state index contributed by atoms with van der Waals surface area (Å²) < 4.78 is 7.18. The second kappa shape index (κ2) is 9.08. The zero-order valence-corrected chi connectivity index (χ0v) is 17.7. The van der Waals surface area contributed by atoms with E-state index in [0.717, 1.165) is 18.8 Å². The number of hydrogen-bond donors (Lipinski definition) is 1. The Kier molecular flexibility index (Phi) is 6.51. The number of carbonyl (C=O) groups is 1. The Labute approximate surface area is 175 Å². The molecule has 0 spiro atoms. The summed E-state index contributed by atoms with van der Waals surface area (Å²) in [5.74, 6) is 0.0460. The van der Waals surface area contributed by atoms with Gasteiger partial charge in [-0.25, -0.2) is 9.78 Å². The number of ether oxygens (including phenoxy) is 1. The lowest BCUT2D eigenvalue weighted by Gasteiger charge is -2.31. The van der Waals surface area contributed by atoms with Gasteiger partial charge in [-0.2, -0.15) is 0 Å². The number of esters is 1. The molecule has 1 aromatic carbocycles. The van der Waals surface area contributed by atoms with Crippen LogP contribution in [0.4, 0.5) is 11.6 Å². The van der Waals surface area contributed by atoms with Crippen LogP contribution >= 0.6 is 0 Å². The van der Waals surface area contributed by atoms with Gasteiger partial charge in [0.15, 0.2) is 0 Å². The van der Waals surface area contributed by atoms with E-state index >= 15 is 0 Å². The number of carbonyl (C=O) groups excluding carboxylic acids is 1. The fourth-order valence-electron chi connectivity index (χ4n) is 3.79. The van der Waals surface area contributed by atoms with Gasteiger partial charge in [-0.05, 0) is 33.0 Å². The Morgan fingerprint density at radius 2 is 2.00 bits per heavy atom. The maximum Gasteiger partial charge on any atom is 0.338 e. The fourth-order valence-corrected chi connectivity index (χ4v) is 3.79. The number of benzene rings is 1. The van der Waals surface area contributed by atoms with Crippen LogP contribution < -0.4 is 5.32 Å². The highest BCUT2D eigenvalue weighted by molar-refractivity contribution is 5.92. The summed E-state index contributed by atoms with van der Waals surface area (Å²) in [6.07, 6.45) is 1.75. The fraction of sp³-hybridized carbons (Fsp3) is 0.429. The predicted octanol–water partition coefficient (Wildman–Crippen LogP) is 3.49. The third kappa shape index (κ3) is 3.93. The number of anilines is 1. The largest absolute Gasteiger partial charge is 0.463 e. The smallest absolute Gasteiger partial charge is 0.338 e. The number of imidazole rings is 1. The number of nitro groups is 1. The minimum atomic E-state index is -0.713. The summed E-state index contributed by atoms with van der Waals surface area (Å²) in [5.41, 5.74) is 2.15. The van der Waals surface area contributed by atoms with Crippen LogP contribution in [0.2, 0.25) is 0 Å². The summed E-state index contributed by atoms with van der Waals surface area (Å²) in [4.78, 5) is 31.0. The van der Waals surface area contributed by atoms with Gasteiger partial charge in [0.25, 0.3) is 5.69 Å². The molecule has 1 atom stereocenters. The number of para-hydroxylation sites is 1. The maximum atomic E-state index is 12.9. The number of aromatic nitrogens is 2. The molecule has 0 bridgehead atoms. The van der Waals surface area contributed by atoms with Crippen LogP contribution in [0.5, 0.6) is 0 Å². The molecule has 0 fully saturated rings. The van der Waals surface area contributed by atoms with Crippen LogP contribution in [-0.4, -0.2) is 45.0 Å². The molecule has 1 aromatic heterocycles. The molecule has 2 heterocycles. The lowest BCUT2D eigenvalue weighted by molar-refractivity contribution is -0.385. The lowest BCUT2D eigenvalue weighted by atomic mass is 9.93. The van der Waals surface area contributed by atoms with Gasteiger partial charge in [-0.1, -0.05) is 26.0 Å². The molecule has 2 aromatic rings. The zero-order valence-electron chi connectivity index (χ0n) is 17.7. The van der Waals surface area contributed by atoms with Crippen molar-refractivity contribution in [3.63, 3.8) is 0 Å². The normalized spacial score (nSPS) is 15.7. The Morgan fingerprint density at radius 1 is 1.30 bits per heavy atom. The van der Waals surface area contributed by atoms with E-state index < -0.39 is 16.9 Å². The average Bonchev–Trinajstić information content (AvgIpc) is 3.12. The SMILES string of the molecule is CCOC(=O)C1=C(C)Nc2ncc(CN(CC)CC)n2C1c1ccccc1[N+](=O)[O-]. The van der Waals surface area contributed by atoms with Gasteiger partial charge in [0.05, 0.1) is 34.6 Å². The van der Waals surface area contributed by atoms with Gasteiger partial charge in [0.1, 0.15) is 6.04 Å². The Hall–Kier alpha value is -3.20. The maximum absolute atomic E-state index is 12.9. The van der Waals surface area contributed by atoms with Crippen molar-refractivity contribution in [3.8, 4) is 0 Å². The van der Waals surface area contributed by atoms with Crippen molar-refractivity contribution in [2.24, 2.45) is 0 Å². The minimum absolute atomic E-state index is 0.0487. The molecule has 1 unspecified atom stereocenters. The monoisotopic (exact) mass is 413 g/mol.